The molecule has 24 heavy (non-hydrogen) atoms. The Hall–Kier alpha value is -2.20. The lowest BCUT2D eigenvalue weighted by Gasteiger charge is -2.33. The molecule has 1 heterocycles. The number of benzene rings is 1. The molecule has 1 aliphatic carbocycles. The fraction of sp³-hybridized carbons (Fsp3) is 0.316. The highest BCUT2D eigenvalue weighted by atomic mass is 35.5. The normalized spacial score (nSPS) is 19.7. The number of pyridine rings is 1. The van der Waals surface area contributed by atoms with Crippen LogP contribution in [0.15, 0.2) is 36.4 Å². The lowest BCUT2D eigenvalue weighted by Crippen LogP contribution is -2.37. The molecule has 0 amide bonds. The molecule has 1 aromatic carbocycles. The van der Waals surface area contributed by atoms with Crippen LogP contribution in [0.5, 0.6) is 0 Å². The number of Topliss-reactive ketones (excluding diaryl/α,β-unsaturated/α-hetero) is 1. The van der Waals surface area contributed by atoms with E-state index in [-0.39, 0.29) is 11.8 Å². The Balaban J connectivity index is 1.93. The number of ketones is 1. The number of hydrogen-bond donors (Lipinski definition) is 0. The van der Waals surface area contributed by atoms with E-state index in [1.807, 2.05) is 19.1 Å². The summed E-state index contributed by atoms with van der Waals surface area (Å²) in [5.41, 5.74) is 2.13. The first-order valence-corrected chi connectivity index (χ1v) is 8.31. The summed E-state index contributed by atoms with van der Waals surface area (Å²) in [6.07, 6.45) is 1.35. The van der Waals surface area contributed by atoms with E-state index in [0.29, 0.717) is 35.7 Å². The van der Waals surface area contributed by atoms with E-state index in [2.05, 4.69) is 4.98 Å². The van der Waals surface area contributed by atoms with E-state index in [4.69, 9.17) is 16.3 Å². The van der Waals surface area contributed by atoms with Crippen LogP contribution in [0, 0.1) is 0 Å². The number of carbonyl (C=O) groups excluding carboxylic acids is 2. The number of carbonyl (C=O) groups is 2. The van der Waals surface area contributed by atoms with Gasteiger partial charge in [0.15, 0.2) is 5.78 Å². The molecule has 2 aromatic rings. The molecule has 0 radical (unpaired) electrons. The molecule has 3 rings (SSSR count). The molecule has 124 valence electrons. The van der Waals surface area contributed by atoms with Gasteiger partial charge in [-0.2, -0.15) is 0 Å². The Morgan fingerprint density at radius 3 is 2.62 bits per heavy atom. The van der Waals surface area contributed by atoms with Crippen LogP contribution < -0.4 is 0 Å². The standard InChI is InChI=1S/C19H18ClNO3/c1-3-24-18(23)12-4-6-13(7-5-12)19(2)11-10-15-14(17(19)22)8-9-16(20)21-15/h4-9H,3,10-11H2,1-2H3. The Bertz CT molecular complexity index is 801. The van der Waals surface area contributed by atoms with Crippen molar-refractivity contribution in [2.24, 2.45) is 0 Å². The Morgan fingerprint density at radius 2 is 1.96 bits per heavy atom. The predicted molar refractivity (Wildman–Crippen MR) is 91.6 cm³/mol. The summed E-state index contributed by atoms with van der Waals surface area (Å²) in [6.45, 7) is 4.04. The molecule has 1 atom stereocenters. The van der Waals surface area contributed by atoms with E-state index in [1.54, 1.807) is 31.2 Å². The average molecular weight is 344 g/mol. The van der Waals surface area contributed by atoms with Crippen LogP contribution in [0.4, 0.5) is 0 Å². The second-order valence-electron chi connectivity index (χ2n) is 6.09. The van der Waals surface area contributed by atoms with Gasteiger partial charge in [-0.1, -0.05) is 23.7 Å². The number of rotatable bonds is 3. The van der Waals surface area contributed by atoms with Gasteiger partial charge in [0.05, 0.1) is 23.3 Å². The monoisotopic (exact) mass is 343 g/mol. The third-order valence-electron chi connectivity index (χ3n) is 4.58. The maximum absolute atomic E-state index is 13.0. The Morgan fingerprint density at radius 1 is 1.25 bits per heavy atom. The largest absolute Gasteiger partial charge is 0.462 e. The maximum atomic E-state index is 13.0. The van der Waals surface area contributed by atoms with E-state index < -0.39 is 5.41 Å². The van der Waals surface area contributed by atoms with Gasteiger partial charge < -0.3 is 4.74 Å². The predicted octanol–water partition coefficient (Wildman–Crippen LogP) is 4.00. The molecule has 5 heteroatoms. The summed E-state index contributed by atoms with van der Waals surface area (Å²) in [5, 5.41) is 0.406. The van der Waals surface area contributed by atoms with Crippen LogP contribution in [-0.2, 0) is 16.6 Å². The van der Waals surface area contributed by atoms with Gasteiger partial charge in [0.1, 0.15) is 5.15 Å². The topological polar surface area (TPSA) is 56.3 Å². The van der Waals surface area contributed by atoms with Crippen molar-refractivity contribution in [1.29, 1.82) is 0 Å². The molecule has 4 nitrogen and oxygen atoms in total. The van der Waals surface area contributed by atoms with Crippen molar-refractivity contribution in [3.05, 3.63) is 63.9 Å². The third-order valence-corrected chi connectivity index (χ3v) is 4.79. The Kier molecular flexibility index (Phi) is 4.41. The van der Waals surface area contributed by atoms with Crippen molar-refractivity contribution in [1.82, 2.24) is 4.98 Å². The maximum Gasteiger partial charge on any atom is 0.338 e. The highest BCUT2D eigenvalue weighted by Gasteiger charge is 2.40. The molecule has 0 N–H and O–H groups in total. The molecular weight excluding hydrogens is 326 g/mol. The second-order valence-corrected chi connectivity index (χ2v) is 6.47. The van der Waals surface area contributed by atoms with Crippen molar-refractivity contribution in [2.45, 2.75) is 32.1 Å². The van der Waals surface area contributed by atoms with Gasteiger partial charge in [-0.25, -0.2) is 9.78 Å². The number of aromatic nitrogens is 1. The van der Waals surface area contributed by atoms with Crippen LogP contribution in [0.25, 0.3) is 0 Å². The minimum absolute atomic E-state index is 0.0387. The highest BCUT2D eigenvalue weighted by Crippen LogP contribution is 2.38. The van der Waals surface area contributed by atoms with E-state index in [9.17, 15) is 9.59 Å². The minimum Gasteiger partial charge on any atom is -0.462 e. The van der Waals surface area contributed by atoms with Crippen molar-refractivity contribution in [3.8, 4) is 0 Å². The first-order valence-electron chi connectivity index (χ1n) is 7.93. The molecule has 0 bridgehead atoms. The van der Waals surface area contributed by atoms with Gasteiger partial charge in [-0.3, -0.25) is 4.79 Å². The molecule has 1 aliphatic rings. The van der Waals surface area contributed by atoms with E-state index in [1.165, 1.54) is 0 Å². The third kappa shape index (κ3) is 2.82. The van der Waals surface area contributed by atoms with Crippen LogP contribution in [0.2, 0.25) is 5.15 Å². The summed E-state index contributed by atoms with van der Waals surface area (Å²) in [7, 11) is 0. The zero-order valence-electron chi connectivity index (χ0n) is 13.6. The molecular formula is C19H18ClNO3. The van der Waals surface area contributed by atoms with Crippen LogP contribution in [0.1, 0.15) is 52.2 Å². The first-order chi connectivity index (χ1) is 11.5. The minimum atomic E-state index is -0.629. The van der Waals surface area contributed by atoms with Gasteiger partial charge >= 0.3 is 5.97 Å². The van der Waals surface area contributed by atoms with Gasteiger partial charge in [0.2, 0.25) is 0 Å². The van der Waals surface area contributed by atoms with Gasteiger partial charge in [-0.05, 0) is 56.5 Å². The molecule has 1 unspecified atom stereocenters. The molecule has 0 saturated carbocycles. The number of nitrogens with zero attached hydrogens (tertiary/aromatic N) is 1. The lowest BCUT2D eigenvalue weighted by molar-refractivity contribution is 0.0526. The molecule has 0 fully saturated rings. The Labute approximate surface area is 145 Å². The fourth-order valence-corrected chi connectivity index (χ4v) is 3.28. The van der Waals surface area contributed by atoms with Crippen LogP contribution in [0.3, 0.4) is 0 Å². The summed E-state index contributed by atoms with van der Waals surface area (Å²) in [6, 6.07) is 10.5. The van der Waals surface area contributed by atoms with Crippen LogP contribution >= 0.6 is 11.6 Å². The van der Waals surface area contributed by atoms with Gasteiger partial charge in [-0.15, -0.1) is 0 Å². The number of esters is 1. The summed E-state index contributed by atoms with van der Waals surface area (Å²) in [4.78, 5) is 29.0. The first kappa shape index (κ1) is 16.7. The average Bonchev–Trinajstić information content (AvgIpc) is 2.59. The fourth-order valence-electron chi connectivity index (χ4n) is 3.12. The highest BCUT2D eigenvalue weighted by molar-refractivity contribution is 6.29. The molecule has 0 saturated heterocycles. The second kappa shape index (κ2) is 6.36. The van der Waals surface area contributed by atoms with Crippen molar-refractivity contribution in [2.75, 3.05) is 6.61 Å². The number of halogens is 1. The lowest BCUT2D eigenvalue weighted by atomic mass is 9.69. The summed E-state index contributed by atoms with van der Waals surface area (Å²) < 4.78 is 4.99. The zero-order valence-corrected chi connectivity index (χ0v) is 14.4. The summed E-state index contributed by atoms with van der Waals surface area (Å²) in [5.74, 6) is -0.315. The van der Waals surface area contributed by atoms with Gasteiger partial charge in [0, 0.05) is 5.56 Å². The number of aryl methyl sites for hydroxylation is 1. The van der Waals surface area contributed by atoms with Crippen molar-refractivity contribution >= 4 is 23.4 Å². The van der Waals surface area contributed by atoms with Crippen molar-refractivity contribution < 1.29 is 14.3 Å². The van der Waals surface area contributed by atoms with Crippen molar-refractivity contribution in [3.63, 3.8) is 0 Å². The summed E-state index contributed by atoms with van der Waals surface area (Å²) >= 11 is 5.92. The number of hydrogen-bond acceptors (Lipinski definition) is 4. The molecule has 0 aliphatic heterocycles. The number of ether oxygens (including phenoxy) is 1. The zero-order chi connectivity index (χ0) is 17.3. The SMILES string of the molecule is CCOC(=O)c1ccc(C2(C)CCc3nc(Cl)ccc3C2=O)cc1. The van der Waals surface area contributed by atoms with Crippen LogP contribution in [-0.4, -0.2) is 23.3 Å². The van der Waals surface area contributed by atoms with E-state index in [0.717, 1.165) is 11.3 Å². The molecule has 1 aromatic heterocycles. The molecule has 0 spiro atoms. The number of fused-ring (bicyclic) bond motifs is 1. The quantitative estimate of drug-likeness (QED) is 0.624. The van der Waals surface area contributed by atoms with E-state index >= 15 is 0 Å². The smallest absolute Gasteiger partial charge is 0.338 e. The van der Waals surface area contributed by atoms with Gasteiger partial charge in [0.25, 0.3) is 0 Å².